The molecule has 1 aliphatic heterocycles. The lowest BCUT2D eigenvalue weighted by molar-refractivity contribution is 0.203. The van der Waals surface area contributed by atoms with E-state index in [1.165, 1.54) is 0 Å². The first-order valence-corrected chi connectivity index (χ1v) is 8.21. The lowest BCUT2D eigenvalue weighted by Gasteiger charge is -2.32. The van der Waals surface area contributed by atoms with Gasteiger partial charge in [-0.15, -0.1) is 0 Å². The van der Waals surface area contributed by atoms with E-state index < -0.39 is 0 Å². The number of likely N-dealkylation sites (tertiary alicyclic amines) is 1. The SMILES string of the molecule is C=C/C=C(C)/N=C(\C(=N/OC)N1CCC(N)CC1)c1ccccc1. The van der Waals surface area contributed by atoms with Gasteiger partial charge in [-0.1, -0.05) is 48.1 Å². The van der Waals surface area contributed by atoms with Gasteiger partial charge in [0, 0.05) is 30.4 Å². The molecule has 1 aromatic rings. The lowest BCUT2D eigenvalue weighted by Crippen LogP contribution is -2.46. The highest BCUT2D eigenvalue weighted by Gasteiger charge is 2.24. The minimum atomic E-state index is 0.254. The van der Waals surface area contributed by atoms with Gasteiger partial charge in [0.2, 0.25) is 0 Å². The highest BCUT2D eigenvalue weighted by atomic mass is 16.6. The second-order valence-electron chi connectivity index (χ2n) is 5.79. The Hall–Kier alpha value is -2.40. The molecule has 1 saturated heterocycles. The number of benzene rings is 1. The van der Waals surface area contributed by atoms with Crippen molar-refractivity contribution in [3.63, 3.8) is 0 Å². The van der Waals surface area contributed by atoms with Crippen LogP contribution in [0.4, 0.5) is 0 Å². The summed E-state index contributed by atoms with van der Waals surface area (Å²) in [6.07, 6.45) is 5.48. The van der Waals surface area contributed by atoms with Crippen LogP contribution in [0.5, 0.6) is 0 Å². The van der Waals surface area contributed by atoms with Crippen LogP contribution in [0, 0.1) is 0 Å². The predicted molar refractivity (Wildman–Crippen MR) is 100 cm³/mol. The van der Waals surface area contributed by atoms with E-state index in [1.807, 2.05) is 43.3 Å². The second kappa shape index (κ2) is 9.03. The number of allylic oxidation sites excluding steroid dienone is 3. The van der Waals surface area contributed by atoms with Crippen LogP contribution in [-0.4, -0.2) is 42.7 Å². The monoisotopic (exact) mass is 326 g/mol. The molecular formula is C19H26N4O. The summed E-state index contributed by atoms with van der Waals surface area (Å²) in [7, 11) is 1.56. The van der Waals surface area contributed by atoms with E-state index in [0.717, 1.165) is 48.7 Å². The Morgan fingerprint density at radius 3 is 2.54 bits per heavy atom. The van der Waals surface area contributed by atoms with E-state index in [-0.39, 0.29) is 6.04 Å². The zero-order valence-corrected chi connectivity index (χ0v) is 14.5. The van der Waals surface area contributed by atoms with Crippen LogP contribution in [0.25, 0.3) is 0 Å². The summed E-state index contributed by atoms with van der Waals surface area (Å²) in [6, 6.07) is 10.3. The fourth-order valence-electron chi connectivity index (χ4n) is 2.67. The zero-order valence-electron chi connectivity index (χ0n) is 14.5. The third-order valence-corrected chi connectivity index (χ3v) is 3.92. The molecular weight excluding hydrogens is 300 g/mol. The zero-order chi connectivity index (χ0) is 17.4. The van der Waals surface area contributed by atoms with Crippen molar-refractivity contribution in [2.24, 2.45) is 15.9 Å². The van der Waals surface area contributed by atoms with Gasteiger partial charge in [-0.3, -0.25) is 0 Å². The van der Waals surface area contributed by atoms with Gasteiger partial charge in [-0.05, 0) is 25.8 Å². The number of oxime groups is 1. The Bertz CT molecular complexity index is 626. The number of rotatable bonds is 5. The van der Waals surface area contributed by atoms with E-state index in [9.17, 15) is 0 Å². The highest BCUT2D eigenvalue weighted by Crippen LogP contribution is 2.15. The topological polar surface area (TPSA) is 63.2 Å². The molecule has 2 N–H and O–H groups in total. The van der Waals surface area contributed by atoms with Crippen LogP contribution in [0.3, 0.4) is 0 Å². The summed E-state index contributed by atoms with van der Waals surface area (Å²) in [4.78, 5) is 12.1. The summed E-state index contributed by atoms with van der Waals surface area (Å²) in [6.45, 7) is 7.37. The predicted octanol–water partition coefficient (Wildman–Crippen LogP) is 2.95. The van der Waals surface area contributed by atoms with Gasteiger partial charge in [0.15, 0.2) is 5.84 Å². The van der Waals surface area contributed by atoms with Crippen LogP contribution in [0.1, 0.15) is 25.3 Å². The molecule has 5 heteroatoms. The summed E-state index contributed by atoms with van der Waals surface area (Å²) >= 11 is 0. The van der Waals surface area contributed by atoms with Crippen molar-refractivity contribution in [2.45, 2.75) is 25.8 Å². The third kappa shape index (κ3) is 4.80. The Balaban J connectivity index is 2.44. The smallest absolute Gasteiger partial charge is 0.194 e. The average molecular weight is 326 g/mol. The summed E-state index contributed by atoms with van der Waals surface area (Å²) < 4.78 is 0. The molecule has 1 heterocycles. The molecule has 0 unspecified atom stereocenters. The Morgan fingerprint density at radius 1 is 1.29 bits per heavy atom. The number of nitrogens with two attached hydrogens (primary N) is 1. The molecule has 2 rings (SSSR count). The highest BCUT2D eigenvalue weighted by molar-refractivity contribution is 6.47. The van der Waals surface area contributed by atoms with Crippen LogP contribution in [-0.2, 0) is 4.84 Å². The summed E-state index contributed by atoms with van der Waals surface area (Å²) in [5.41, 5.74) is 8.69. The van der Waals surface area contributed by atoms with Gasteiger partial charge in [-0.2, -0.15) is 0 Å². The molecule has 1 aliphatic rings. The van der Waals surface area contributed by atoms with Gasteiger partial charge in [0.1, 0.15) is 12.8 Å². The fraction of sp³-hybridized carbons (Fsp3) is 0.368. The van der Waals surface area contributed by atoms with Gasteiger partial charge < -0.3 is 15.5 Å². The van der Waals surface area contributed by atoms with E-state index >= 15 is 0 Å². The molecule has 0 spiro atoms. The van der Waals surface area contributed by atoms with Gasteiger partial charge in [-0.25, -0.2) is 4.99 Å². The standard InChI is InChI=1S/C19H26N4O/c1-4-8-15(2)21-18(16-9-6-5-7-10-16)19(22-24-3)23-13-11-17(20)12-14-23/h4-10,17H,1,11-14,20H2,2-3H3/b15-8+,21-18-,22-19+. The molecule has 0 amide bonds. The van der Waals surface area contributed by atoms with Crippen LogP contribution in [0.2, 0.25) is 0 Å². The quantitative estimate of drug-likeness (QED) is 0.392. The van der Waals surface area contributed by atoms with Crippen LogP contribution in [0.15, 0.2) is 64.9 Å². The molecule has 0 atom stereocenters. The number of aliphatic imine (C=N–C) groups is 1. The molecule has 128 valence electrons. The number of amidine groups is 1. The third-order valence-electron chi connectivity index (χ3n) is 3.92. The number of hydrogen-bond acceptors (Lipinski definition) is 4. The molecule has 0 radical (unpaired) electrons. The van der Waals surface area contributed by atoms with E-state index in [4.69, 9.17) is 15.6 Å². The van der Waals surface area contributed by atoms with Gasteiger partial charge in [0.05, 0.1) is 0 Å². The van der Waals surface area contributed by atoms with Crippen molar-refractivity contribution in [1.82, 2.24) is 4.90 Å². The molecule has 5 nitrogen and oxygen atoms in total. The van der Waals surface area contributed by atoms with Crippen molar-refractivity contribution in [2.75, 3.05) is 20.2 Å². The van der Waals surface area contributed by atoms with E-state index in [0.29, 0.717) is 0 Å². The molecule has 24 heavy (non-hydrogen) atoms. The second-order valence-corrected chi connectivity index (χ2v) is 5.79. The van der Waals surface area contributed by atoms with Crippen molar-refractivity contribution in [3.8, 4) is 0 Å². The molecule has 0 aliphatic carbocycles. The summed E-state index contributed by atoms with van der Waals surface area (Å²) in [5.74, 6) is 0.743. The van der Waals surface area contributed by atoms with Gasteiger partial charge >= 0.3 is 0 Å². The maximum atomic E-state index is 6.03. The first kappa shape index (κ1) is 17.9. The van der Waals surface area contributed by atoms with Crippen molar-refractivity contribution < 1.29 is 4.84 Å². The maximum absolute atomic E-state index is 6.03. The molecule has 1 fully saturated rings. The average Bonchev–Trinajstić information content (AvgIpc) is 2.60. The first-order valence-electron chi connectivity index (χ1n) is 8.21. The fourth-order valence-corrected chi connectivity index (χ4v) is 2.67. The summed E-state index contributed by atoms with van der Waals surface area (Å²) in [5, 5.41) is 4.28. The Morgan fingerprint density at radius 2 is 1.96 bits per heavy atom. The molecule has 0 aromatic heterocycles. The number of piperidine rings is 1. The van der Waals surface area contributed by atoms with Crippen molar-refractivity contribution in [1.29, 1.82) is 0 Å². The first-order chi connectivity index (χ1) is 11.7. The van der Waals surface area contributed by atoms with Gasteiger partial charge in [0.25, 0.3) is 0 Å². The molecule has 1 aromatic carbocycles. The lowest BCUT2D eigenvalue weighted by atomic mass is 10.0. The van der Waals surface area contributed by atoms with Crippen LogP contribution >= 0.6 is 0 Å². The largest absolute Gasteiger partial charge is 0.397 e. The van der Waals surface area contributed by atoms with Crippen molar-refractivity contribution >= 4 is 11.5 Å². The molecule has 0 saturated carbocycles. The normalized spacial score (nSPS) is 17.8. The Kier molecular flexibility index (Phi) is 6.75. The van der Waals surface area contributed by atoms with Crippen molar-refractivity contribution in [3.05, 3.63) is 60.3 Å². The minimum absolute atomic E-state index is 0.254. The Labute approximate surface area is 144 Å². The number of hydrogen-bond donors (Lipinski definition) is 1. The van der Waals surface area contributed by atoms with E-state index in [2.05, 4.69) is 16.6 Å². The minimum Gasteiger partial charge on any atom is -0.397 e. The number of nitrogens with zero attached hydrogens (tertiary/aromatic N) is 3. The van der Waals surface area contributed by atoms with Crippen LogP contribution < -0.4 is 5.73 Å². The van der Waals surface area contributed by atoms with E-state index in [1.54, 1.807) is 13.2 Å². The molecule has 0 bridgehead atoms. The maximum Gasteiger partial charge on any atom is 0.194 e.